The van der Waals surface area contributed by atoms with Crippen LogP contribution in [0.4, 0.5) is 5.69 Å². The highest BCUT2D eigenvalue weighted by Gasteiger charge is 2.31. The molecule has 192 valence electrons. The smallest absolute Gasteiger partial charge is 0.244 e. The number of rotatable bonds is 14. The van der Waals surface area contributed by atoms with Crippen LogP contribution in [0.3, 0.4) is 0 Å². The van der Waals surface area contributed by atoms with Crippen LogP contribution in [0.25, 0.3) is 0 Å². The first-order chi connectivity index (χ1) is 16.7. The molecule has 0 aromatic heterocycles. The quantitative estimate of drug-likeness (QED) is 0.427. The number of amides is 2. The van der Waals surface area contributed by atoms with Crippen molar-refractivity contribution in [1.82, 2.24) is 10.2 Å². The molecule has 0 aliphatic rings. The predicted molar refractivity (Wildman–Crippen MR) is 139 cm³/mol. The van der Waals surface area contributed by atoms with Gasteiger partial charge in [0.15, 0.2) is 0 Å². The predicted octanol–water partition coefficient (Wildman–Crippen LogP) is 3.23. The van der Waals surface area contributed by atoms with E-state index in [4.69, 9.17) is 4.74 Å². The minimum absolute atomic E-state index is 0.234. The molecule has 0 radical (unpaired) electrons. The molecule has 0 unspecified atom stereocenters. The Labute approximate surface area is 209 Å². The van der Waals surface area contributed by atoms with Crippen molar-refractivity contribution in [3.63, 3.8) is 0 Å². The Morgan fingerprint density at radius 2 is 1.66 bits per heavy atom. The maximum atomic E-state index is 13.6. The van der Waals surface area contributed by atoms with Gasteiger partial charge in [-0.05, 0) is 56.0 Å². The Bertz CT molecular complexity index is 1040. The second-order valence-electron chi connectivity index (χ2n) is 8.23. The lowest BCUT2D eigenvalue weighted by atomic mass is 10.1. The van der Waals surface area contributed by atoms with E-state index in [1.54, 1.807) is 24.3 Å². The minimum Gasteiger partial charge on any atom is -0.494 e. The van der Waals surface area contributed by atoms with Gasteiger partial charge < -0.3 is 15.0 Å². The lowest BCUT2D eigenvalue weighted by Gasteiger charge is -2.32. The van der Waals surface area contributed by atoms with Gasteiger partial charge in [0.05, 0.1) is 18.6 Å². The first-order valence-electron chi connectivity index (χ1n) is 12.0. The van der Waals surface area contributed by atoms with Crippen LogP contribution in [0.5, 0.6) is 5.75 Å². The van der Waals surface area contributed by atoms with E-state index >= 15 is 0 Å². The molecule has 0 bridgehead atoms. The lowest BCUT2D eigenvalue weighted by Crippen LogP contribution is -2.53. The summed E-state index contributed by atoms with van der Waals surface area (Å²) in [5, 5.41) is 2.87. The van der Waals surface area contributed by atoms with Crippen LogP contribution in [0.1, 0.15) is 39.2 Å². The molecule has 2 amide bonds. The van der Waals surface area contributed by atoms with Gasteiger partial charge in [-0.2, -0.15) is 0 Å². The van der Waals surface area contributed by atoms with Gasteiger partial charge in [0.25, 0.3) is 0 Å². The number of hydrogen-bond donors (Lipinski definition) is 1. The average Bonchev–Trinajstić information content (AvgIpc) is 2.84. The van der Waals surface area contributed by atoms with Crippen LogP contribution in [-0.2, 0) is 26.0 Å². The highest BCUT2D eigenvalue weighted by Crippen LogP contribution is 2.22. The van der Waals surface area contributed by atoms with Gasteiger partial charge in [-0.1, -0.05) is 44.2 Å². The molecule has 0 saturated carbocycles. The molecule has 9 heteroatoms. The van der Waals surface area contributed by atoms with E-state index in [9.17, 15) is 18.0 Å². The summed E-state index contributed by atoms with van der Waals surface area (Å²) in [6.07, 6.45) is 2.81. The van der Waals surface area contributed by atoms with Crippen molar-refractivity contribution in [3.05, 3.63) is 60.2 Å². The standard InChI is InChI=1S/C26H37N3O5S/c1-5-18-27-26(31)24(6-2)28(19-17-21-11-9-8-10-12-21)25(30)20-29(35(4,32)33)22-13-15-23(16-14-22)34-7-3/h8-16,24H,5-7,17-20H2,1-4H3,(H,27,31)/t24-/m1/s1. The van der Waals surface area contributed by atoms with E-state index < -0.39 is 28.5 Å². The Balaban J connectivity index is 2.32. The van der Waals surface area contributed by atoms with Crippen LogP contribution in [0, 0.1) is 0 Å². The summed E-state index contributed by atoms with van der Waals surface area (Å²) >= 11 is 0. The Hall–Kier alpha value is -3.07. The van der Waals surface area contributed by atoms with Crippen LogP contribution in [0.2, 0.25) is 0 Å². The Kier molecular flexibility index (Phi) is 11.0. The van der Waals surface area contributed by atoms with E-state index in [-0.39, 0.29) is 5.91 Å². The number of sulfonamides is 1. The summed E-state index contributed by atoms with van der Waals surface area (Å²) in [7, 11) is -3.76. The first kappa shape index (κ1) is 28.2. The summed E-state index contributed by atoms with van der Waals surface area (Å²) in [4.78, 5) is 28.0. The molecule has 0 fully saturated rings. The largest absolute Gasteiger partial charge is 0.494 e. The molecule has 0 spiro atoms. The molecule has 2 rings (SSSR count). The van der Waals surface area contributed by atoms with Crippen LogP contribution < -0.4 is 14.4 Å². The summed E-state index contributed by atoms with van der Waals surface area (Å²) in [6, 6.07) is 15.5. The highest BCUT2D eigenvalue weighted by molar-refractivity contribution is 7.92. The third kappa shape index (κ3) is 8.58. The van der Waals surface area contributed by atoms with E-state index in [0.717, 1.165) is 22.5 Å². The maximum Gasteiger partial charge on any atom is 0.244 e. The van der Waals surface area contributed by atoms with Gasteiger partial charge in [0.2, 0.25) is 21.8 Å². The first-order valence-corrected chi connectivity index (χ1v) is 13.9. The summed E-state index contributed by atoms with van der Waals surface area (Å²) < 4.78 is 31.8. The fourth-order valence-corrected chi connectivity index (χ4v) is 4.60. The number of ether oxygens (including phenoxy) is 1. The molecule has 0 heterocycles. The molecule has 1 N–H and O–H groups in total. The zero-order valence-electron chi connectivity index (χ0n) is 21.1. The highest BCUT2D eigenvalue weighted by atomic mass is 32.2. The fourth-order valence-electron chi connectivity index (χ4n) is 3.75. The zero-order chi connectivity index (χ0) is 25.8. The van der Waals surface area contributed by atoms with Crippen molar-refractivity contribution < 1.29 is 22.7 Å². The number of nitrogens with zero attached hydrogens (tertiary/aromatic N) is 2. The fraction of sp³-hybridized carbons (Fsp3) is 0.462. The van der Waals surface area contributed by atoms with Crippen LogP contribution in [0.15, 0.2) is 54.6 Å². The summed E-state index contributed by atoms with van der Waals surface area (Å²) in [5.74, 6) is -0.0550. The molecule has 8 nitrogen and oxygen atoms in total. The molecule has 2 aromatic carbocycles. The van der Waals surface area contributed by atoms with Crippen molar-refractivity contribution in [3.8, 4) is 5.75 Å². The number of hydrogen-bond acceptors (Lipinski definition) is 5. The third-order valence-corrected chi connectivity index (χ3v) is 6.67. The van der Waals surface area contributed by atoms with Crippen LogP contribution in [-0.4, -0.2) is 63.7 Å². The van der Waals surface area contributed by atoms with Gasteiger partial charge in [0.1, 0.15) is 18.3 Å². The second-order valence-corrected chi connectivity index (χ2v) is 10.1. The van der Waals surface area contributed by atoms with Gasteiger partial charge in [-0.15, -0.1) is 0 Å². The van der Waals surface area contributed by atoms with Gasteiger partial charge in [0, 0.05) is 13.1 Å². The number of benzene rings is 2. The molecule has 2 aromatic rings. The number of anilines is 1. The normalized spacial score (nSPS) is 12.0. The van der Waals surface area contributed by atoms with Gasteiger partial charge in [-0.25, -0.2) is 8.42 Å². The van der Waals surface area contributed by atoms with E-state index in [1.807, 2.05) is 51.1 Å². The van der Waals surface area contributed by atoms with Crippen LogP contribution >= 0.6 is 0 Å². The SMILES string of the molecule is CCCNC(=O)[C@@H](CC)N(CCc1ccccc1)C(=O)CN(c1ccc(OCC)cc1)S(C)(=O)=O. The van der Waals surface area contributed by atoms with Crippen molar-refractivity contribution in [1.29, 1.82) is 0 Å². The van der Waals surface area contributed by atoms with Crippen molar-refractivity contribution in [2.24, 2.45) is 0 Å². The van der Waals surface area contributed by atoms with Gasteiger partial charge in [-0.3, -0.25) is 13.9 Å². The minimum atomic E-state index is -3.76. The topological polar surface area (TPSA) is 96.0 Å². The molecular formula is C26H37N3O5S. The molecule has 35 heavy (non-hydrogen) atoms. The van der Waals surface area contributed by atoms with Crippen molar-refractivity contribution in [2.45, 2.75) is 46.1 Å². The average molecular weight is 504 g/mol. The van der Waals surface area contributed by atoms with E-state index in [1.165, 1.54) is 4.90 Å². The Morgan fingerprint density at radius 1 is 1.00 bits per heavy atom. The summed E-state index contributed by atoms with van der Waals surface area (Å²) in [5.41, 5.74) is 1.39. The van der Waals surface area contributed by atoms with Crippen molar-refractivity contribution >= 4 is 27.5 Å². The van der Waals surface area contributed by atoms with Gasteiger partial charge >= 0.3 is 0 Å². The third-order valence-electron chi connectivity index (χ3n) is 5.53. The second kappa shape index (κ2) is 13.7. The lowest BCUT2D eigenvalue weighted by molar-refractivity contribution is -0.139. The van der Waals surface area contributed by atoms with E-state index in [2.05, 4.69) is 5.32 Å². The summed E-state index contributed by atoms with van der Waals surface area (Å²) in [6.45, 7) is 6.56. The number of carbonyl (C=O) groups excluding carboxylic acids is 2. The molecule has 0 aliphatic carbocycles. The van der Waals surface area contributed by atoms with Crippen molar-refractivity contribution in [2.75, 3.05) is 36.8 Å². The Morgan fingerprint density at radius 3 is 2.20 bits per heavy atom. The maximum absolute atomic E-state index is 13.6. The molecular weight excluding hydrogens is 466 g/mol. The number of carbonyl (C=O) groups is 2. The monoisotopic (exact) mass is 503 g/mol. The molecule has 1 atom stereocenters. The van der Waals surface area contributed by atoms with E-state index in [0.29, 0.717) is 44.0 Å². The molecule has 0 saturated heterocycles. The zero-order valence-corrected chi connectivity index (χ0v) is 21.9. The number of nitrogens with one attached hydrogen (secondary N) is 1. The molecule has 0 aliphatic heterocycles.